The molecule has 0 aromatic rings. The van der Waals surface area contributed by atoms with Crippen LogP contribution in [0.1, 0.15) is 6.42 Å². The second-order valence-electron chi connectivity index (χ2n) is 6.79. The fourth-order valence-corrected chi connectivity index (χ4v) is 2.89. The topological polar surface area (TPSA) is 241 Å². The Bertz CT molecular complexity index is 543. The van der Waals surface area contributed by atoms with Crippen molar-refractivity contribution in [3.63, 3.8) is 0 Å². The van der Waals surface area contributed by atoms with Crippen molar-refractivity contribution in [2.75, 3.05) is 6.54 Å². The third-order valence-electron chi connectivity index (χ3n) is 4.61. The van der Waals surface area contributed by atoms with Gasteiger partial charge in [-0.25, -0.2) is 4.79 Å². The average Bonchev–Trinajstić information content (AvgIpc) is 2.63. The molecule has 1 aliphatic carbocycles. The quantitative estimate of drug-likeness (QED) is 0.203. The van der Waals surface area contributed by atoms with Crippen molar-refractivity contribution in [3.05, 3.63) is 0 Å². The Morgan fingerprint density at radius 1 is 1.00 bits per heavy atom. The minimum absolute atomic E-state index is 0.0441. The van der Waals surface area contributed by atoms with Crippen LogP contribution in [0.3, 0.4) is 0 Å². The summed E-state index contributed by atoms with van der Waals surface area (Å²) in [7, 11) is 0. The van der Waals surface area contributed by atoms with E-state index in [1.54, 1.807) is 0 Å². The van der Waals surface area contributed by atoms with Gasteiger partial charge in [0.15, 0.2) is 6.29 Å². The van der Waals surface area contributed by atoms with Crippen molar-refractivity contribution in [1.82, 2.24) is 0 Å². The largest absolute Gasteiger partial charge is 0.490 e. The molecule has 29 heavy (non-hydrogen) atoms. The molecule has 1 saturated carbocycles. The normalized spacial score (nSPS) is 43.3. The molecule has 0 radical (unpaired) electrons. The van der Waals surface area contributed by atoms with E-state index in [4.69, 9.17) is 42.3 Å². The van der Waals surface area contributed by atoms with E-state index in [1.165, 1.54) is 0 Å². The van der Waals surface area contributed by atoms with Crippen molar-refractivity contribution in [2.45, 2.75) is 73.6 Å². The molecule has 1 saturated heterocycles. The second-order valence-corrected chi connectivity index (χ2v) is 6.79. The first-order valence-electron chi connectivity index (χ1n) is 8.52. The summed E-state index contributed by atoms with van der Waals surface area (Å²) in [6.45, 7) is -0.0441. The molecule has 0 spiro atoms. The van der Waals surface area contributed by atoms with Gasteiger partial charge in [0.05, 0.1) is 12.1 Å². The highest BCUT2D eigenvalue weighted by molar-refractivity contribution is 5.73. The zero-order valence-electron chi connectivity index (χ0n) is 15.1. The molecule has 12 nitrogen and oxygen atoms in total. The van der Waals surface area contributed by atoms with Gasteiger partial charge in [0.1, 0.15) is 30.5 Å². The fourth-order valence-electron chi connectivity index (χ4n) is 2.89. The summed E-state index contributed by atoms with van der Waals surface area (Å²) in [5.41, 5.74) is 22.8. The first kappa shape index (κ1) is 25.9. The van der Waals surface area contributed by atoms with Gasteiger partial charge >= 0.3 is 12.1 Å². The summed E-state index contributed by atoms with van der Waals surface area (Å²) < 4.78 is 42.7. The smallest absolute Gasteiger partial charge is 0.475 e. The number of aliphatic hydroxyl groups excluding tert-OH is 4. The molecule has 0 aromatic carbocycles. The molecule has 15 heteroatoms. The van der Waals surface area contributed by atoms with Crippen LogP contribution in [0, 0.1) is 0 Å². The van der Waals surface area contributed by atoms with Gasteiger partial charge in [-0.05, 0) is 6.42 Å². The molecule has 1 aliphatic heterocycles. The first-order valence-corrected chi connectivity index (χ1v) is 8.52. The van der Waals surface area contributed by atoms with E-state index in [9.17, 15) is 33.6 Å². The standard InChI is InChI=1S/C12H26N4O6.C2HF3O2/c13-2-5-8(18)9(19)6(16)12(21-5)22-11-4(15)1-3(14)7(17)10(11)20;3-2(4,5)1(6)7/h3-12,17-20H,1-2,13-16H2;(H,6,7)/t3-,4+,5-,6-,7+,8-,9-,10-,11-,12-;/m1./s1. The number of carboxylic acid groups (broad SMARTS) is 1. The number of hydrogen-bond acceptors (Lipinski definition) is 11. The molecule has 2 aliphatic rings. The predicted molar refractivity (Wildman–Crippen MR) is 88.8 cm³/mol. The molecular weight excluding hydrogens is 409 g/mol. The van der Waals surface area contributed by atoms with Crippen molar-refractivity contribution in [1.29, 1.82) is 0 Å². The Labute approximate surface area is 163 Å². The summed E-state index contributed by atoms with van der Waals surface area (Å²) in [4.78, 5) is 8.90. The van der Waals surface area contributed by atoms with E-state index >= 15 is 0 Å². The van der Waals surface area contributed by atoms with Gasteiger partial charge in [0.2, 0.25) is 0 Å². The summed E-state index contributed by atoms with van der Waals surface area (Å²) >= 11 is 0. The molecule has 0 unspecified atom stereocenters. The Kier molecular flexibility index (Phi) is 9.15. The SMILES string of the molecule is NC[C@H]1O[C@H](O[C@H]2[C@H](O)[C@@H](O)[C@H](N)C[C@@H]2N)[C@H](N)[C@@H](O)[C@@H]1O.O=C(O)C(F)(F)F. The maximum Gasteiger partial charge on any atom is 0.490 e. The third kappa shape index (κ3) is 6.42. The van der Waals surface area contributed by atoms with Crippen molar-refractivity contribution in [3.8, 4) is 0 Å². The van der Waals surface area contributed by atoms with Crippen LogP contribution in [0.4, 0.5) is 13.2 Å². The van der Waals surface area contributed by atoms with Gasteiger partial charge in [-0.3, -0.25) is 0 Å². The Morgan fingerprint density at radius 3 is 1.97 bits per heavy atom. The van der Waals surface area contributed by atoms with E-state index in [1.807, 2.05) is 0 Å². The minimum atomic E-state index is -5.08. The number of ether oxygens (including phenoxy) is 2. The van der Waals surface area contributed by atoms with Gasteiger partial charge in [0.25, 0.3) is 0 Å². The number of rotatable bonds is 3. The van der Waals surface area contributed by atoms with Crippen LogP contribution in [0.5, 0.6) is 0 Å². The van der Waals surface area contributed by atoms with Crippen LogP contribution < -0.4 is 22.9 Å². The minimum Gasteiger partial charge on any atom is -0.475 e. The lowest BCUT2D eigenvalue weighted by molar-refractivity contribution is -0.287. The maximum atomic E-state index is 10.6. The predicted octanol–water partition coefficient (Wildman–Crippen LogP) is -4.48. The monoisotopic (exact) mass is 436 g/mol. The zero-order chi connectivity index (χ0) is 22.7. The number of alkyl halides is 3. The number of aliphatic hydroxyl groups is 4. The van der Waals surface area contributed by atoms with Crippen molar-refractivity contribution in [2.24, 2.45) is 22.9 Å². The van der Waals surface area contributed by atoms with E-state index in [0.717, 1.165) is 0 Å². The Morgan fingerprint density at radius 2 is 1.52 bits per heavy atom. The van der Waals surface area contributed by atoms with Gasteiger partial charge in [-0.2, -0.15) is 13.2 Å². The summed E-state index contributed by atoms with van der Waals surface area (Å²) in [6, 6.07) is -2.34. The highest BCUT2D eigenvalue weighted by Crippen LogP contribution is 2.26. The van der Waals surface area contributed by atoms with Crippen molar-refractivity contribution >= 4 is 5.97 Å². The average molecular weight is 436 g/mol. The van der Waals surface area contributed by atoms with Crippen LogP contribution in [0.25, 0.3) is 0 Å². The summed E-state index contributed by atoms with van der Waals surface area (Å²) in [5, 5.41) is 46.7. The van der Waals surface area contributed by atoms with E-state index in [-0.39, 0.29) is 13.0 Å². The maximum absolute atomic E-state index is 10.6. The number of carboxylic acids is 1. The number of nitrogens with two attached hydrogens (primary N) is 4. The number of aliphatic carboxylic acids is 1. The number of hydrogen-bond donors (Lipinski definition) is 9. The van der Waals surface area contributed by atoms with Gasteiger partial charge in [-0.15, -0.1) is 0 Å². The second kappa shape index (κ2) is 10.3. The Hall–Kier alpha value is -1.14. The highest BCUT2D eigenvalue weighted by Gasteiger charge is 2.47. The lowest BCUT2D eigenvalue weighted by atomic mass is 9.84. The highest BCUT2D eigenvalue weighted by atomic mass is 19.4. The van der Waals surface area contributed by atoms with Gasteiger partial charge < -0.3 is 57.9 Å². The van der Waals surface area contributed by atoms with Crippen LogP contribution in [0.15, 0.2) is 0 Å². The molecule has 13 N–H and O–H groups in total. The molecule has 0 bridgehead atoms. The summed E-state index contributed by atoms with van der Waals surface area (Å²) in [6.07, 6.45) is -12.8. The van der Waals surface area contributed by atoms with Gasteiger partial charge in [-0.1, -0.05) is 0 Å². The van der Waals surface area contributed by atoms with Crippen LogP contribution in [-0.4, -0.2) is 105 Å². The third-order valence-corrected chi connectivity index (χ3v) is 4.61. The van der Waals surface area contributed by atoms with Crippen LogP contribution in [0.2, 0.25) is 0 Å². The molecule has 172 valence electrons. The number of halogens is 3. The summed E-state index contributed by atoms with van der Waals surface area (Å²) in [5.74, 6) is -2.76. The zero-order valence-corrected chi connectivity index (χ0v) is 15.1. The molecule has 1 heterocycles. The van der Waals surface area contributed by atoms with E-state index in [2.05, 4.69) is 0 Å². The van der Waals surface area contributed by atoms with E-state index in [0.29, 0.717) is 0 Å². The first-order chi connectivity index (χ1) is 13.2. The Balaban J connectivity index is 0.000000516. The number of carbonyl (C=O) groups is 1. The van der Waals surface area contributed by atoms with Gasteiger partial charge in [0, 0.05) is 18.6 Å². The van der Waals surface area contributed by atoms with Crippen LogP contribution in [-0.2, 0) is 14.3 Å². The molecule has 2 rings (SSSR count). The lowest BCUT2D eigenvalue weighted by Gasteiger charge is -2.45. The van der Waals surface area contributed by atoms with Crippen molar-refractivity contribution < 1.29 is 53.0 Å². The molecule has 0 aromatic heterocycles. The van der Waals surface area contributed by atoms with Crippen LogP contribution >= 0.6 is 0 Å². The van der Waals surface area contributed by atoms with E-state index < -0.39 is 73.2 Å². The fraction of sp³-hybridized carbons (Fsp3) is 0.929. The molecule has 0 amide bonds. The molecule has 2 fully saturated rings. The molecule has 10 atom stereocenters. The lowest BCUT2D eigenvalue weighted by Crippen LogP contribution is -2.67. The molecular formula is C14H27F3N4O8.